The van der Waals surface area contributed by atoms with Crippen LogP contribution in [0.25, 0.3) is 76.5 Å². The molecule has 1 aliphatic rings. The van der Waals surface area contributed by atoms with Crippen molar-refractivity contribution in [2.24, 2.45) is 0 Å². The number of furan rings is 1. The molecule has 188 valence electrons. The van der Waals surface area contributed by atoms with Gasteiger partial charge in [0.25, 0.3) is 0 Å². The van der Waals surface area contributed by atoms with E-state index < -0.39 is 0 Å². The van der Waals surface area contributed by atoms with Crippen molar-refractivity contribution < 1.29 is 4.42 Å². The van der Waals surface area contributed by atoms with Gasteiger partial charge in [0, 0.05) is 21.6 Å². The zero-order valence-corrected chi connectivity index (χ0v) is 22.5. The van der Waals surface area contributed by atoms with Crippen molar-refractivity contribution in [3.63, 3.8) is 0 Å². The first-order chi connectivity index (χ1) is 19.6. The summed E-state index contributed by atoms with van der Waals surface area (Å²) in [7, 11) is 0. The van der Waals surface area contributed by atoms with Crippen LogP contribution in [0.3, 0.4) is 0 Å². The minimum atomic E-state index is -0.113. The van der Waals surface area contributed by atoms with Crippen molar-refractivity contribution in [1.82, 2.24) is 0 Å². The summed E-state index contributed by atoms with van der Waals surface area (Å²) in [5, 5.41) is 9.95. The Morgan fingerprint density at radius 2 is 1.10 bits per heavy atom. The van der Waals surface area contributed by atoms with Crippen LogP contribution in [0.5, 0.6) is 0 Å². The number of hydrogen-bond acceptors (Lipinski definition) is 1. The molecular formula is C39H26O. The molecule has 7 aromatic carbocycles. The molecule has 1 aliphatic carbocycles. The second-order valence-corrected chi connectivity index (χ2v) is 11.7. The standard InChI is InChI=1S/C39H26O/c1-39(2)33-20-19-31-29(17-18-30-28-13-7-8-14-35(28)40-38(30)31)37(33)32-16-15-25(22-34(32)39)36-26-11-5-3-9-23(26)21-24-10-4-6-12-27(24)36/h3-22H,1-2H3. The highest BCUT2D eigenvalue weighted by Crippen LogP contribution is 2.53. The van der Waals surface area contributed by atoms with Gasteiger partial charge in [0.05, 0.1) is 0 Å². The second-order valence-electron chi connectivity index (χ2n) is 11.7. The average Bonchev–Trinajstić information content (AvgIpc) is 3.48. The van der Waals surface area contributed by atoms with Crippen LogP contribution in [0.2, 0.25) is 0 Å². The molecule has 0 N–H and O–H groups in total. The van der Waals surface area contributed by atoms with Crippen LogP contribution in [0, 0.1) is 0 Å². The zero-order chi connectivity index (χ0) is 26.6. The van der Waals surface area contributed by atoms with Crippen molar-refractivity contribution in [1.29, 1.82) is 0 Å². The summed E-state index contributed by atoms with van der Waals surface area (Å²) in [5.41, 5.74) is 9.83. The topological polar surface area (TPSA) is 13.1 Å². The van der Waals surface area contributed by atoms with Crippen molar-refractivity contribution in [2.75, 3.05) is 0 Å². The van der Waals surface area contributed by atoms with Crippen LogP contribution in [-0.4, -0.2) is 0 Å². The summed E-state index contributed by atoms with van der Waals surface area (Å²) >= 11 is 0. The summed E-state index contributed by atoms with van der Waals surface area (Å²) in [6.45, 7) is 4.74. The first kappa shape index (κ1) is 22.0. The van der Waals surface area contributed by atoms with Crippen LogP contribution in [0.1, 0.15) is 25.0 Å². The quantitative estimate of drug-likeness (QED) is 0.200. The smallest absolute Gasteiger partial charge is 0.143 e. The Morgan fingerprint density at radius 1 is 0.475 bits per heavy atom. The van der Waals surface area contributed by atoms with Gasteiger partial charge in [-0.15, -0.1) is 0 Å². The van der Waals surface area contributed by atoms with E-state index in [1.54, 1.807) is 0 Å². The van der Waals surface area contributed by atoms with Crippen LogP contribution in [0.15, 0.2) is 126 Å². The van der Waals surface area contributed by atoms with Gasteiger partial charge in [0.2, 0.25) is 0 Å². The highest BCUT2D eigenvalue weighted by atomic mass is 16.3. The maximum atomic E-state index is 6.42. The van der Waals surface area contributed by atoms with E-state index >= 15 is 0 Å². The molecule has 9 rings (SSSR count). The van der Waals surface area contributed by atoms with Crippen molar-refractivity contribution in [3.8, 4) is 22.3 Å². The van der Waals surface area contributed by atoms with Gasteiger partial charge in [-0.25, -0.2) is 0 Å². The van der Waals surface area contributed by atoms with E-state index in [0.29, 0.717) is 0 Å². The van der Waals surface area contributed by atoms with Crippen LogP contribution in [-0.2, 0) is 5.41 Å². The van der Waals surface area contributed by atoms with Gasteiger partial charge in [0.15, 0.2) is 0 Å². The monoisotopic (exact) mass is 510 g/mol. The lowest BCUT2D eigenvalue weighted by Crippen LogP contribution is -2.15. The van der Waals surface area contributed by atoms with Crippen LogP contribution in [0.4, 0.5) is 0 Å². The zero-order valence-electron chi connectivity index (χ0n) is 22.5. The lowest BCUT2D eigenvalue weighted by Gasteiger charge is -2.22. The lowest BCUT2D eigenvalue weighted by molar-refractivity contribution is 0.660. The molecule has 40 heavy (non-hydrogen) atoms. The van der Waals surface area contributed by atoms with E-state index in [0.717, 1.165) is 11.2 Å². The SMILES string of the molecule is CC1(C)c2cc(-c3c4ccccc4cc4ccccc34)ccc2-c2c1ccc1c2ccc2c3ccccc3oc12. The Balaban J connectivity index is 1.33. The summed E-state index contributed by atoms with van der Waals surface area (Å²) in [4.78, 5) is 0. The molecule has 1 nitrogen and oxygen atoms in total. The Bertz CT molecular complexity index is 2290. The van der Waals surface area contributed by atoms with E-state index in [1.165, 1.54) is 76.5 Å². The molecular weight excluding hydrogens is 484 g/mol. The largest absolute Gasteiger partial charge is 0.455 e. The highest BCUT2D eigenvalue weighted by molar-refractivity contribution is 6.19. The van der Waals surface area contributed by atoms with E-state index in [9.17, 15) is 0 Å². The summed E-state index contributed by atoms with van der Waals surface area (Å²) < 4.78 is 6.42. The molecule has 8 aromatic rings. The van der Waals surface area contributed by atoms with Crippen molar-refractivity contribution >= 4 is 54.3 Å². The fraction of sp³-hybridized carbons (Fsp3) is 0.0769. The molecule has 1 aromatic heterocycles. The molecule has 0 aliphatic heterocycles. The van der Waals surface area contributed by atoms with Gasteiger partial charge in [-0.2, -0.15) is 0 Å². The predicted molar refractivity (Wildman–Crippen MR) is 169 cm³/mol. The van der Waals surface area contributed by atoms with Gasteiger partial charge in [0.1, 0.15) is 11.2 Å². The summed E-state index contributed by atoms with van der Waals surface area (Å²) in [5.74, 6) is 0. The first-order valence-corrected chi connectivity index (χ1v) is 14.0. The third kappa shape index (κ3) is 2.77. The molecule has 0 fully saturated rings. The number of hydrogen-bond donors (Lipinski definition) is 0. The van der Waals surface area contributed by atoms with Crippen molar-refractivity contribution in [2.45, 2.75) is 19.3 Å². The van der Waals surface area contributed by atoms with Gasteiger partial charge >= 0.3 is 0 Å². The average molecular weight is 511 g/mol. The Hall–Kier alpha value is -4.88. The Labute approximate surface area is 232 Å². The molecule has 1 heterocycles. The molecule has 0 unspecified atom stereocenters. The molecule has 0 atom stereocenters. The minimum Gasteiger partial charge on any atom is -0.455 e. The molecule has 0 saturated heterocycles. The molecule has 0 radical (unpaired) electrons. The third-order valence-corrected chi connectivity index (χ3v) is 9.24. The number of para-hydroxylation sites is 1. The maximum absolute atomic E-state index is 6.42. The van der Waals surface area contributed by atoms with Crippen LogP contribution >= 0.6 is 0 Å². The fourth-order valence-corrected chi connectivity index (χ4v) is 7.30. The fourth-order valence-electron chi connectivity index (χ4n) is 7.30. The normalized spacial score (nSPS) is 13.9. The van der Waals surface area contributed by atoms with Gasteiger partial charge < -0.3 is 4.42 Å². The summed E-state index contributed by atoms with van der Waals surface area (Å²) in [6, 6.07) is 44.5. The Kier molecular flexibility index (Phi) is 4.18. The number of rotatable bonds is 1. The second kappa shape index (κ2) is 7.61. The first-order valence-electron chi connectivity index (χ1n) is 14.0. The number of fused-ring (bicyclic) bond motifs is 11. The third-order valence-electron chi connectivity index (χ3n) is 9.24. The van der Waals surface area contributed by atoms with E-state index in [-0.39, 0.29) is 5.41 Å². The number of benzene rings is 7. The molecule has 0 bridgehead atoms. The maximum Gasteiger partial charge on any atom is 0.143 e. The van der Waals surface area contributed by atoms with E-state index in [1.807, 2.05) is 6.07 Å². The summed E-state index contributed by atoms with van der Waals surface area (Å²) in [6.07, 6.45) is 0. The minimum absolute atomic E-state index is 0.113. The highest BCUT2D eigenvalue weighted by Gasteiger charge is 2.37. The van der Waals surface area contributed by atoms with Crippen LogP contribution < -0.4 is 0 Å². The van der Waals surface area contributed by atoms with Crippen molar-refractivity contribution in [3.05, 3.63) is 132 Å². The molecule has 1 heteroatoms. The van der Waals surface area contributed by atoms with E-state index in [2.05, 4.69) is 129 Å². The molecule has 0 spiro atoms. The molecule has 0 amide bonds. The van der Waals surface area contributed by atoms with Gasteiger partial charge in [-0.3, -0.25) is 0 Å². The lowest BCUT2D eigenvalue weighted by atomic mass is 9.80. The Morgan fingerprint density at radius 3 is 1.88 bits per heavy atom. The predicted octanol–water partition coefficient (Wildman–Crippen LogP) is 11.0. The van der Waals surface area contributed by atoms with Gasteiger partial charge in [-0.1, -0.05) is 111 Å². The van der Waals surface area contributed by atoms with Gasteiger partial charge in [-0.05, 0) is 84.6 Å². The van der Waals surface area contributed by atoms with E-state index in [4.69, 9.17) is 4.42 Å². The molecule has 0 saturated carbocycles.